The Balaban J connectivity index is 2.35. The zero-order chi connectivity index (χ0) is 13.8. The van der Waals surface area contributed by atoms with Crippen molar-refractivity contribution in [2.45, 2.75) is 46.1 Å². The predicted octanol–water partition coefficient (Wildman–Crippen LogP) is 4.47. The van der Waals surface area contributed by atoms with Crippen molar-refractivity contribution in [2.75, 3.05) is 13.2 Å². The van der Waals surface area contributed by atoms with Crippen molar-refractivity contribution in [2.24, 2.45) is 5.92 Å². The van der Waals surface area contributed by atoms with Gasteiger partial charge in [0.2, 0.25) is 0 Å². The van der Waals surface area contributed by atoms with Gasteiger partial charge in [0.25, 0.3) is 0 Å². The van der Waals surface area contributed by atoms with Gasteiger partial charge in [0.05, 0.1) is 6.61 Å². The Hall–Kier alpha value is -0.540. The first kappa shape index (κ1) is 14.9. The van der Waals surface area contributed by atoms with Crippen molar-refractivity contribution in [3.05, 3.63) is 27.7 Å². The summed E-state index contributed by atoms with van der Waals surface area (Å²) in [7, 11) is 0. The molecule has 0 fully saturated rings. The van der Waals surface area contributed by atoms with Crippen molar-refractivity contribution >= 4 is 15.9 Å². The molecule has 1 heterocycles. The van der Waals surface area contributed by atoms with Gasteiger partial charge in [-0.05, 0) is 36.6 Å². The minimum Gasteiger partial charge on any atom is -0.493 e. The van der Waals surface area contributed by atoms with Gasteiger partial charge in [-0.25, -0.2) is 0 Å². The van der Waals surface area contributed by atoms with E-state index in [9.17, 15) is 0 Å². The van der Waals surface area contributed by atoms with Crippen LogP contribution in [0.3, 0.4) is 0 Å². The van der Waals surface area contributed by atoms with E-state index in [-0.39, 0.29) is 0 Å². The quantitative estimate of drug-likeness (QED) is 0.833. The average molecular weight is 326 g/mol. The van der Waals surface area contributed by atoms with E-state index in [1.54, 1.807) is 0 Å². The summed E-state index contributed by atoms with van der Waals surface area (Å²) < 4.78 is 7.04. The fourth-order valence-electron chi connectivity index (χ4n) is 2.68. The van der Waals surface area contributed by atoms with Gasteiger partial charge in [-0.15, -0.1) is 0 Å². The van der Waals surface area contributed by atoms with E-state index in [1.807, 2.05) is 0 Å². The molecule has 1 N–H and O–H groups in total. The van der Waals surface area contributed by atoms with Crippen molar-refractivity contribution < 1.29 is 4.74 Å². The molecule has 2 nitrogen and oxygen atoms in total. The highest BCUT2D eigenvalue weighted by atomic mass is 79.9. The highest BCUT2D eigenvalue weighted by Gasteiger charge is 2.25. The molecule has 0 bridgehead atoms. The van der Waals surface area contributed by atoms with E-state index >= 15 is 0 Å². The number of rotatable bonds is 6. The van der Waals surface area contributed by atoms with Crippen molar-refractivity contribution in [3.63, 3.8) is 0 Å². The van der Waals surface area contributed by atoms with Crippen LogP contribution < -0.4 is 10.1 Å². The molecule has 1 aromatic rings. The first-order chi connectivity index (χ1) is 9.17. The number of fused-ring (bicyclic) bond motifs is 1. The molecule has 0 amide bonds. The summed E-state index contributed by atoms with van der Waals surface area (Å²) >= 11 is 3.64. The first-order valence-corrected chi connectivity index (χ1v) is 8.15. The maximum Gasteiger partial charge on any atom is 0.127 e. The van der Waals surface area contributed by atoms with Crippen LogP contribution in [-0.4, -0.2) is 13.2 Å². The van der Waals surface area contributed by atoms with Gasteiger partial charge in [-0.1, -0.05) is 43.1 Å². The minimum atomic E-state index is 0.384. The third kappa shape index (κ3) is 3.32. The van der Waals surface area contributed by atoms with E-state index < -0.39 is 0 Å². The van der Waals surface area contributed by atoms with Crippen LogP contribution in [0.5, 0.6) is 5.75 Å². The van der Waals surface area contributed by atoms with Crippen molar-refractivity contribution in [1.82, 2.24) is 5.32 Å². The monoisotopic (exact) mass is 325 g/mol. The van der Waals surface area contributed by atoms with Crippen LogP contribution in [0.25, 0.3) is 0 Å². The molecule has 0 aliphatic carbocycles. The van der Waals surface area contributed by atoms with Crippen LogP contribution in [0.15, 0.2) is 16.6 Å². The van der Waals surface area contributed by atoms with E-state index in [2.05, 4.69) is 54.2 Å². The number of benzene rings is 1. The van der Waals surface area contributed by atoms with Gasteiger partial charge in [0.15, 0.2) is 0 Å². The molecule has 0 saturated carbocycles. The molecule has 106 valence electrons. The fourth-order valence-corrected chi connectivity index (χ4v) is 3.21. The number of nitrogens with one attached hydrogen (secondary N) is 1. The molecule has 19 heavy (non-hydrogen) atoms. The molecule has 0 saturated heterocycles. The highest BCUT2D eigenvalue weighted by Crippen LogP contribution is 2.39. The molecular formula is C16H24BrNO. The number of ether oxygens (including phenoxy) is 1. The molecule has 1 aromatic carbocycles. The molecule has 1 aliphatic rings. The molecule has 2 atom stereocenters. The van der Waals surface area contributed by atoms with Gasteiger partial charge in [0.1, 0.15) is 5.75 Å². The SMILES string of the molecule is CCCNC(c1cc(Br)cc2c1OCC2)C(C)CC. The second-order valence-electron chi connectivity index (χ2n) is 5.40. The molecule has 2 rings (SSSR count). The Kier molecular flexibility index (Phi) is 5.28. The van der Waals surface area contributed by atoms with E-state index in [1.165, 1.54) is 22.0 Å². The molecule has 1 aliphatic heterocycles. The third-order valence-electron chi connectivity index (χ3n) is 3.94. The Morgan fingerprint density at radius 1 is 1.37 bits per heavy atom. The van der Waals surface area contributed by atoms with Crippen LogP contribution in [0, 0.1) is 5.92 Å². The Morgan fingerprint density at radius 2 is 2.16 bits per heavy atom. The Morgan fingerprint density at radius 3 is 2.84 bits per heavy atom. The van der Waals surface area contributed by atoms with Gasteiger partial charge in [-0.3, -0.25) is 0 Å². The van der Waals surface area contributed by atoms with Crippen molar-refractivity contribution in [3.8, 4) is 5.75 Å². The normalized spacial score (nSPS) is 16.8. The molecule has 0 spiro atoms. The second-order valence-corrected chi connectivity index (χ2v) is 6.31. The lowest BCUT2D eigenvalue weighted by atomic mass is 9.90. The largest absolute Gasteiger partial charge is 0.493 e. The standard InChI is InChI=1S/C16H24BrNO/c1-4-7-18-15(11(3)5-2)14-10-13(17)9-12-6-8-19-16(12)14/h9-11,15,18H,4-8H2,1-3H3. The predicted molar refractivity (Wildman–Crippen MR) is 83.8 cm³/mol. The second kappa shape index (κ2) is 6.76. The molecule has 3 heteroatoms. The van der Waals surface area contributed by atoms with Crippen molar-refractivity contribution in [1.29, 1.82) is 0 Å². The fraction of sp³-hybridized carbons (Fsp3) is 0.625. The maximum absolute atomic E-state index is 5.88. The molecule has 0 radical (unpaired) electrons. The Bertz CT molecular complexity index is 433. The molecule has 2 unspecified atom stereocenters. The van der Waals surface area contributed by atoms with Crippen LogP contribution >= 0.6 is 15.9 Å². The Labute approximate surface area is 125 Å². The lowest BCUT2D eigenvalue weighted by Crippen LogP contribution is -2.28. The maximum atomic E-state index is 5.88. The van der Waals surface area contributed by atoms with Gasteiger partial charge < -0.3 is 10.1 Å². The minimum absolute atomic E-state index is 0.384. The van der Waals surface area contributed by atoms with Gasteiger partial charge in [-0.2, -0.15) is 0 Å². The third-order valence-corrected chi connectivity index (χ3v) is 4.40. The smallest absolute Gasteiger partial charge is 0.127 e. The highest BCUT2D eigenvalue weighted by molar-refractivity contribution is 9.10. The summed E-state index contributed by atoms with van der Waals surface area (Å²) in [5.74, 6) is 1.73. The zero-order valence-electron chi connectivity index (χ0n) is 12.1. The average Bonchev–Trinajstić information content (AvgIpc) is 2.86. The summed E-state index contributed by atoms with van der Waals surface area (Å²) in [4.78, 5) is 0. The lowest BCUT2D eigenvalue weighted by molar-refractivity contribution is 0.329. The summed E-state index contributed by atoms with van der Waals surface area (Å²) in [5, 5.41) is 3.69. The molecule has 0 aromatic heterocycles. The van der Waals surface area contributed by atoms with E-state index in [0.29, 0.717) is 12.0 Å². The molecular weight excluding hydrogens is 302 g/mol. The van der Waals surface area contributed by atoms with Crippen LogP contribution in [0.1, 0.15) is 50.8 Å². The summed E-state index contributed by atoms with van der Waals surface area (Å²) in [5.41, 5.74) is 2.67. The van der Waals surface area contributed by atoms with E-state index in [0.717, 1.165) is 31.7 Å². The summed E-state index contributed by atoms with van der Waals surface area (Å²) in [6, 6.07) is 4.80. The van der Waals surface area contributed by atoms with Crippen LogP contribution in [0.2, 0.25) is 0 Å². The first-order valence-electron chi connectivity index (χ1n) is 7.35. The van der Waals surface area contributed by atoms with E-state index in [4.69, 9.17) is 4.74 Å². The number of halogens is 1. The zero-order valence-corrected chi connectivity index (χ0v) is 13.7. The van der Waals surface area contributed by atoms with Gasteiger partial charge >= 0.3 is 0 Å². The summed E-state index contributed by atoms with van der Waals surface area (Å²) in [6.07, 6.45) is 3.36. The lowest BCUT2D eigenvalue weighted by Gasteiger charge is -2.26. The number of hydrogen-bond donors (Lipinski definition) is 1. The summed E-state index contributed by atoms with van der Waals surface area (Å²) in [6.45, 7) is 8.65. The topological polar surface area (TPSA) is 21.3 Å². The van der Waals surface area contributed by atoms with Gasteiger partial charge in [0, 0.05) is 22.5 Å². The van der Waals surface area contributed by atoms with Crippen LogP contribution in [-0.2, 0) is 6.42 Å². The van der Waals surface area contributed by atoms with Crippen LogP contribution in [0.4, 0.5) is 0 Å². The number of hydrogen-bond acceptors (Lipinski definition) is 2.